The lowest BCUT2D eigenvalue weighted by molar-refractivity contribution is -0.128. The number of amides is 1. The lowest BCUT2D eigenvalue weighted by atomic mass is 9.97. The van der Waals surface area contributed by atoms with Crippen molar-refractivity contribution in [1.82, 2.24) is 9.62 Å². The van der Waals surface area contributed by atoms with E-state index in [9.17, 15) is 13.2 Å². The van der Waals surface area contributed by atoms with Gasteiger partial charge < -0.3 is 5.32 Å². The van der Waals surface area contributed by atoms with Crippen LogP contribution < -0.4 is 5.32 Å². The highest BCUT2D eigenvalue weighted by Gasteiger charge is 2.37. The Morgan fingerprint density at radius 2 is 2.16 bits per heavy atom. The molecule has 19 heavy (non-hydrogen) atoms. The largest absolute Gasteiger partial charge is 0.355 e. The van der Waals surface area contributed by atoms with E-state index in [0.29, 0.717) is 19.6 Å². The molecule has 0 aromatic carbocycles. The summed E-state index contributed by atoms with van der Waals surface area (Å²) >= 11 is 0. The third-order valence-corrected chi connectivity index (χ3v) is 5.05. The number of hydrogen-bond acceptors (Lipinski definition) is 3. The molecule has 0 aromatic rings. The third-order valence-electron chi connectivity index (χ3n) is 3.82. The molecule has 0 unspecified atom stereocenters. The smallest absolute Gasteiger partial charge is 0.225 e. The molecule has 0 spiro atoms. The van der Waals surface area contributed by atoms with Gasteiger partial charge in [0.15, 0.2) is 0 Å². The minimum absolute atomic E-state index is 0.0173. The van der Waals surface area contributed by atoms with Crippen molar-refractivity contribution in [3.8, 4) is 0 Å². The van der Waals surface area contributed by atoms with Gasteiger partial charge >= 0.3 is 0 Å². The first-order chi connectivity index (χ1) is 8.97. The number of carbonyl (C=O) groups is 1. The average Bonchev–Trinajstić information content (AvgIpc) is 2.26. The van der Waals surface area contributed by atoms with Crippen LogP contribution in [0.1, 0.15) is 32.1 Å². The summed E-state index contributed by atoms with van der Waals surface area (Å²) in [5.41, 5.74) is 1.44. The van der Waals surface area contributed by atoms with Gasteiger partial charge in [0.05, 0.1) is 12.2 Å². The van der Waals surface area contributed by atoms with Gasteiger partial charge in [0, 0.05) is 19.6 Å². The van der Waals surface area contributed by atoms with Gasteiger partial charge in [-0.1, -0.05) is 11.6 Å². The molecule has 1 heterocycles. The van der Waals surface area contributed by atoms with Crippen molar-refractivity contribution in [1.29, 1.82) is 0 Å². The van der Waals surface area contributed by atoms with Crippen LogP contribution in [0.25, 0.3) is 0 Å². The minimum atomic E-state index is -3.13. The Hall–Kier alpha value is -0.880. The second-order valence-corrected chi connectivity index (χ2v) is 7.41. The first-order valence-corrected chi connectivity index (χ1v) is 8.72. The quantitative estimate of drug-likeness (QED) is 0.763. The topological polar surface area (TPSA) is 66.5 Å². The normalized spacial score (nSPS) is 21.6. The molecule has 1 aliphatic carbocycles. The number of nitrogens with zero attached hydrogens (tertiary/aromatic N) is 1. The number of rotatable bonds is 5. The van der Waals surface area contributed by atoms with Gasteiger partial charge in [0.25, 0.3) is 0 Å². The van der Waals surface area contributed by atoms with Gasteiger partial charge in [0.2, 0.25) is 15.9 Å². The van der Waals surface area contributed by atoms with Crippen LogP contribution in [-0.4, -0.2) is 44.5 Å². The van der Waals surface area contributed by atoms with E-state index in [0.717, 1.165) is 19.3 Å². The van der Waals surface area contributed by atoms with Gasteiger partial charge in [-0.15, -0.1) is 0 Å². The maximum Gasteiger partial charge on any atom is 0.225 e. The Labute approximate surface area is 115 Å². The van der Waals surface area contributed by atoms with Crippen molar-refractivity contribution in [3.63, 3.8) is 0 Å². The fraction of sp³-hybridized carbons (Fsp3) is 0.769. The number of allylic oxidation sites excluding steroid dienone is 1. The summed E-state index contributed by atoms with van der Waals surface area (Å²) in [7, 11) is -3.13. The molecule has 2 aliphatic rings. The van der Waals surface area contributed by atoms with Crippen molar-refractivity contribution in [2.24, 2.45) is 5.92 Å². The molecule has 0 saturated carbocycles. The molecule has 6 heteroatoms. The molecule has 0 radical (unpaired) electrons. The van der Waals surface area contributed by atoms with Crippen molar-refractivity contribution < 1.29 is 13.2 Å². The molecule has 1 saturated heterocycles. The van der Waals surface area contributed by atoms with Crippen LogP contribution in [0, 0.1) is 5.92 Å². The highest BCUT2D eigenvalue weighted by atomic mass is 32.2. The molecule has 2 rings (SSSR count). The van der Waals surface area contributed by atoms with Gasteiger partial charge in [-0.3, -0.25) is 4.79 Å². The second-order valence-electron chi connectivity index (χ2n) is 5.43. The van der Waals surface area contributed by atoms with E-state index < -0.39 is 10.0 Å². The molecule has 1 fully saturated rings. The molecule has 0 bridgehead atoms. The monoisotopic (exact) mass is 286 g/mol. The predicted octanol–water partition coefficient (Wildman–Crippen LogP) is 0.884. The Bertz CT molecular complexity index is 464. The van der Waals surface area contributed by atoms with Gasteiger partial charge in [-0.05, 0) is 32.1 Å². The standard InChI is InChI=1S/C13H22N2O3S/c1-19(17,18)15-9-12(10-15)13(16)14-8-7-11-5-3-2-4-6-11/h5,12H,2-4,6-10H2,1H3,(H,14,16). The Balaban J connectivity index is 1.65. The lowest BCUT2D eigenvalue weighted by Gasteiger charge is -2.36. The van der Waals surface area contributed by atoms with E-state index >= 15 is 0 Å². The van der Waals surface area contributed by atoms with E-state index in [1.54, 1.807) is 0 Å². The number of carbonyl (C=O) groups excluding carboxylic acids is 1. The zero-order chi connectivity index (χ0) is 13.9. The zero-order valence-electron chi connectivity index (χ0n) is 11.4. The summed E-state index contributed by atoms with van der Waals surface area (Å²) < 4.78 is 23.7. The first kappa shape index (κ1) is 14.5. The summed E-state index contributed by atoms with van der Waals surface area (Å²) in [5.74, 6) is -0.189. The summed E-state index contributed by atoms with van der Waals surface area (Å²) in [4.78, 5) is 11.8. The van der Waals surface area contributed by atoms with Crippen molar-refractivity contribution >= 4 is 15.9 Å². The summed E-state index contributed by atoms with van der Waals surface area (Å²) in [6.45, 7) is 1.32. The van der Waals surface area contributed by atoms with Crippen LogP contribution in [0.15, 0.2) is 11.6 Å². The maximum absolute atomic E-state index is 11.8. The summed E-state index contributed by atoms with van der Waals surface area (Å²) in [5, 5.41) is 2.90. The van der Waals surface area contributed by atoms with E-state index in [2.05, 4.69) is 11.4 Å². The average molecular weight is 286 g/mol. The van der Waals surface area contributed by atoms with Gasteiger partial charge in [0.1, 0.15) is 0 Å². The summed E-state index contributed by atoms with van der Waals surface area (Å²) in [6, 6.07) is 0. The molecule has 1 N–H and O–H groups in total. The molecule has 0 aromatic heterocycles. The van der Waals surface area contributed by atoms with E-state index in [1.165, 1.54) is 29.0 Å². The van der Waals surface area contributed by atoms with Crippen molar-refractivity contribution in [2.45, 2.75) is 32.1 Å². The van der Waals surface area contributed by atoms with Crippen LogP contribution in [0.5, 0.6) is 0 Å². The molecular formula is C13H22N2O3S. The van der Waals surface area contributed by atoms with Crippen molar-refractivity contribution in [3.05, 3.63) is 11.6 Å². The molecule has 1 aliphatic heterocycles. The lowest BCUT2D eigenvalue weighted by Crippen LogP contribution is -2.55. The molecular weight excluding hydrogens is 264 g/mol. The molecule has 0 atom stereocenters. The SMILES string of the molecule is CS(=O)(=O)N1CC(C(=O)NCCC2=CCCCC2)C1. The second kappa shape index (κ2) is 6.05. The third kappa shape index (κ3) is 4.04. The fourth-order valence-corrected chi connectivity index (χ4v) is 3.40. The van der Waals surface area contributed by atoms with Crippen LogP contribution in [0.2, 0.25) is 0 Å². The first-order valence-electron chi connectivity index (χ1n) is 6.87. The number of nitrogens with one attached hydrogen (secondary N) is 1. The fourth-order valence-electron chi connectivity index (χ4n) is 2.50. The zero-order valence-corrected chi connectivity index (χ0v) is 12.2. The van der Waals surface area contributed by atoms with Gasteiger partial charge in [-0.25, -0.2) is 12.7 Å². The molecule has 108 valence electrons. The highest BCUT2D eigenvalue weighted by molar-refractivity contribution is 7.88. The molecule has 5 nitrogen and oxygen atoms in total. The van der Waals surface area contributed by atoms with Crippen LogP contribution in [0.4, 0.5) is 0 Å². The van der Waals surface area contributed by atoms with Crippen molar-refractivity contribution in [2.75, 3.05) is 25.9 Å². The summed E-state index contributed by atoms with van der Waals surface area (Å²) in [6.07, 6.45) is 9.23. The molecule has 1 amide bonds. The van der Waals surface area contributed by atoms with Crippen LogP contribution in [-0.2, 0) is 14.8 Å². The highest BCUT2D eigenvalue weighted by Crippen LogP contribution is 2.20. The van der Waals surface area contributed by atoms with Gasteiger partial charge in [-0.2, -0.15) is 0 Å². The predicted molar refractivity (Wildman–Crippen MR) is 74.1 cm³/mol. The van der Waals surface area contributed by atoms with Crippen LogP contribution >= 0.6 is 0 Å². The maximum atomic E-state index is 11.8. The van der Waals surface area contributed by atoms with E-state index in [4.69, 9.17) is 0 Å². The number of hydrogen-bond donors (Lipinski definition) is 1. The van der Waals surface area contributed by atoms with Crippen LogP contribution in [0.3, 0.4) is 0 Å². The Morgan fingerprint density at radius 3 is 2.74 bits per heavy atom. The van der Waals surface area contributed by atoms with E-state index in [1.807, 2.05) is 0 Å². The number of sulfonamides is 1. The van der Waals surface area contributed by atoms with E-state index in [-0.39, 0.29) is 11.8 Å². The Morgan fingerprint density at radius 1 is 1.42 bits per heavy atom. The minimum Gasteiger partial charge on any atom is -0.355 e. The Kier molecular flexibility index (Phi) is 4.62.